The van der Waals surface area contributed by atoms with Gasteiger partial charge in [-0.3, -0.25) is 9.69 Å². The van der Waals surface area contributed by atoms with Crippen LogP contribution in [0.5, 0.6) is 0 Å². The minimum absolute atomic E-state index is 0.0125. The van der Waals surface area contributed by atoms with E-state index < -0.39 is 0 Å². The van der Waals surface area contributed by atoms with E-state index in [1.165, 1.54) is 0 Å². The van der Waals surface area contributed by atoms with Crippen LogP contribution in [0.2, 0.25) is 0 Å². The number of nitrogens with one attached hydrogen (secondary N) is 1. The van der Waals surface area contributed by atoms with Gasteiger partial charge in [0.1, 0.15) is 0 Å². The van der Waals surface area contributed by atoms with Crippen molar-refractivity contribution in [2.24, 2.45) is 0 Å². The first-order valence-corrected chi connectivity index (χ1v) is 6.75. The van der Waals surface area contributed by atoms with Gasteiger partial charge in [-0.2, -0.15) is 0 Å². The third-order valence-electron chi connectivity index (χ3n) is 4.14. The smallest absolute Gasteiger partial charge is 0.242 e. The van der Waals surface area contributed by atoms with Gasteiger partial charge in [-0.05, 0) is 43.5 Å². The van der Waals surface area contributed by atoms with Crippen molar-refractivity contribution >= 4 is 17.3 Å². The predicted octanol–water partition coefficient (Wildman–Crippen LogP) is 0.589. The van der Waals surface area contributed by atoms with Gasteiger partial charge in [0, 0.05) is 17.4 Å². The first-order valence-electron chi connectivity index (χ1n) is 6.75. The standard InChI is InChI=1S/C14H19N3O2/c15-10-4-3-9-6-13(14(19)16-12(9)7-10)17-5-1-2-11(17)8-18/h3-4,7,11,13,18H,1-2,5-6,8,15H2,(H,16,19)/t11-,13?/m0/s1. The third-order valence-corrected chi connectivity index (χ3v) is 4.14. The van der Waals surface area contributed by atoms with Gasteiger partial charge in [0.15, 0.2) is 0 Å². The Bertz CT molecular complexity index is 503. The van der Waals surface area contributed by atoms with Crippen LogP contribution in [0.25, 0.3) is 0 Å². The van der Waals surface area contributed by atoms with Crippen molar-refractivity contribution in [3.05, 3.63) is 23.8 Å². The molecule has 0 aromatic heterocycles. The van der Waals surface area contributed by atoms with E-state index in [1.54, 1.807) is 6.07 Å². The highest BCUT2D eigenvalue weighted by Gasteiger charge is 2.37. The predicted molar refractivity (Wildman–Crippen MR) is 73.8 cm³/mol. The maximum absolute atomic E-state index is 12.2. The topological polar surface area (TPSA) is 78.6 Å². The lowest BCUT2D eigenvalue weighted by Gasteiger charge is -2.34. The van der Waals surface area contributed by atoms with Crippen molar-refractivity contribution in [1.82, 2.24) is 4.90 Å². The van der Waals surface area contributed by atoms with E-state index in [2.05, 4.69) is 10.2 Å². The van der Waals surface area contributed by atoms with Gasteiger partial charge in [0.25, 0.3) is 0 Å². The molecule has 19 heavy (non-hydrogen) atoms. The summed E-state index contributed by atoms with van der Waals surface area (Å²) in [5, 5.41) is 12.3. The number of amides is 1. The van der Waals surface area contributed by atoms with E-state index in [0.29, 0.717) is 12.1 Å². The first kappa shape index (κ1) is 12.4. The van der Waals surface area contributed by atoms with Gasteiger partial charge in [0.2, 0.25) is 5.91 Å². The van der Waals surface area contributed by atoms with Crippen molar-refractivity contribution in [2.75, 3.05) is 24.2 Å². The molecule has 1 amide bonds. The first-order chi connectivity index (χ1) is 9.19. The summed E-state index contributed by atoms with van der Waals surface area (Å²) in [6.45, 7) is 1.01. The van der Waals surface area contributed by atoms with Crippen molar-refractivity contribution in [3.63, 3.8) is 0 Å². The van der Waals surface area contributed by atoms with E-state index >= 15 is 0 Å². The van der Waals surface area contributed by atoms with Crippen LogP contribution in [0.4, 0.5) is 11.4 Å². The highest BCUT2D eigenvalue weighted by molar-refractivity contribution is 5.98. The number of hydrogen-bond donors (Lipinski definition) is 3. The van der Waals surface area contributed by atoms with E-state index in [9.17, 15) is 9.90 Å². The number of rotatable bonds is 2. The van der Waals surface area contributed by atoms with Crippen LogP contribution >= 0.6 is 0 Å². The highest BCUT2D eigenvalue weighted by Crippen LogP contribution is 2.30. The molecule has 2 aliphatic heterocycles. The van der Waals surface area contributed by atoms with Crippen molar-refractivity contribution < 1.29 is 9.90 Å². The summed E-state index contributed by atoms with van der Waals surface area (Å²) < 4.78 is 0. The number of fused-ring (bicyclic) bond motifs is 1. The molecular weight excluding hydrogens is 242 g/mol. The van der Waals surface area contributed by atoms with Gasteiger partial charge in [-0.15, -0.1) is 0 Å². The molecule has 5 heteroatoms. The number of benzene rings is 1. The number of carbonyl (C=O) groups is 1. The molecule has 1 saturated heterocycles. The van der Waals surface area contributed by atoms with Gasteiger partial charge in [-0.1, -0.05) is 6.07 Å². The number of nitrogens with two attached hydrogens (primary N) is 1. The van der Waals surface area contributed by atoms with E-state index in [0.717, 1.165) is 30.6 Å². The van der Waals surface area contributed by atoms with Gasteiger partial charge in [-0.25, -0.2) is 0 Å². The number of anilines is 2. The molecule has 2 aliphatic rings. The molecule has 2 heterocycles. The zero-order chi connectivity index (χ0) is 13.4. The molecule has 1 aromatic rings. The summed E-state index contributed by atoms with van der Waals surface area (Å²) in [6.07, 6.45) is 2.70. The number of aliphatic hydroxyl groups is 1. The number of carbonyl (C=O) groups excluding carboxylic acids is 1. The molecule has 0 radical (unpaired) electrons. The van der Waals surface area contributed by atoms with Gasteiger partial charge >= 0.3 is 0 Å². The summed E-state index contributed by atoms with van der Waals surface area (Å²) >= 11 is 0. The summed E-state index contributed by atoms with van der Waals surface area (Å²) in [5.41, 5.74) is 8.33. The van der Waals surface area contributed by atoms with Crippen LogP contribution in [0.1, 0.15) is 18.4 Å². The van der Waals surface area contributed by atoms with Gasteiger partial charge < -0.3 is 16.2 Å². The average Bonchev–Trinajstić information content (AvgIpc) is 2.86. The van der Waals surface area contributed by atoms with Crippen LogP contribution in [0, 0.1) is 0 Å². The molecule has 0 bridgehead atoms. The molecule has 1 unspecified atom stereocenters. The lowest BCUT2D eigenvalue weighted by atomic mass is 9.97. The van der Waals surface area contributed by atoms with Crippen molar-refractivity contribution in [3.8, 4) is 0 Å². The Kier molecular flexibility index (Phi) is 3.16. The fraction of sp³-hybridized carbons (Fsp3) is 0.500. The third kappa shape index (κ3) is 2.19. The molecule has 2 atom stereocenters. The molecule has 102 valence electrons. The molecule has 5 nitrogen and oxygen atoms in total. The Labute approximate surface area is 112 Å². The Morgan fingerprint density at radius 3 is 3.11 bits per heavy atom. The summed E-state index contributed by atoms with van der Waals surface area (Å²) in [7, 11) is 0. The zero-order valence-electron chi connectivity index (χ0n) is 10.8. The van der Waals surface area contributed by atoms with E-state index in [4.69, 9.17) is 5.73 Å². The Hall–Kier alpha value is -1.59. The Morgan fingerprint density at radius 2 is 2.32 bits per heavy atom. The van der Waals surface area contributed by atoms with Crippen LogP contribution < -0.4 is 11.1 Å². The molecule has 1 fully saturated rings. The van der Waals surface area contributed by atoms with Crippen molar-refractivity contribution in [2.45, 2.75) is 31.3 Å². The fourth-order valence-electron chi connectivity index (χ4n) is 3.14. The summed E-state index contributed by atoms with van der Waals surface area (Å²) in [6, 6.07) is 5.58. The van der Waals surface area contributed by atoms with Crippen molar-refractivity contribution in [1.29, 1.82) is 0 Å². The lowest BCUT2D eigenvalue weighted by Crippen LogP contribution is -2.50. The monoisotopic (exact) mass is 261 g/mol. The summed E-state index contributed by atoms with van der Waals surface area (Å²) in [4.78, 5) is 14.4. The van der Waals surface area contributed by atoms with Crippen LogP contribution in [0.15, 0.2) is 18.2 Å². The molecule has 0 aliphatic carbocycles. The second kappa shape index (κ2) is 4.83. The largest absolute Gasteiger partial charge is 0.399 e. The quantitative estimate of drug-likeness (QED) is 0.681. The highest BCUT2D eigenvalue weighted by atomic mass is 16.3. The average molecular weight is 261 g/mol. The molecule has 0 saturated carbocycles. The normalized spacial score (nSPS) is 27.1. The zero-order valence-corrected chi connectivity index (χ0v) is 10.8. The Balaban J connectivity index is 1.85. The number of hydrogen-bond acceptors (Lipinski definition) is 4. The molecule has 1 aromatic carbocycles. The Morgan fingerprint density at radius 1 is 1.47 bits per heavy atom. The number of nitrogen functional groups attached to an aromatic ring is 1. The minimum atomic E-state index is -0.171. The van der Waals surface area contributed by atoms with Gasteiger partial charge in [0.05, 0.1) is 12.6 Å². The van der Waals surface area contributed by atoms with E-state index in [1.807, 2.05) is 12.1 Å². The fourth-order valence-corrected chi connectivity index (χ4v) is 3.14. The molecular formula is C14H19N3O2. The SMILES string of the molecule is Nc1ccc2c(c1)NC(=O)C(N1CCC[C@H]1CO)C2. The minimum Gasteiger partial charge on any atom is -0.399 e. The number of aliphatic hydroxyl groups excluding tert-OH is 1. The maximum atomic E-state index is 12.2. The number of nitrogens with zero attached hydrogens (tertiary/aromatic N) is 1. The van der Waals surface area contributed by atoms with E-state index in [-0.39, 0.29) is 24.6 Å². The van der Waals surface area contributed by atoms with Crippen LogP contribution in [0.3, 0.4) is 0 Å². The number of likely N-dealkylation sites (tertiary alicyclic amines) is 1. The molecule has 0 spiro atoms. The summed E-state index contributed by atoms with van der Waals surface area (Å²) in [5.74, 6) is 0.0125. The maximum Gasteiger partial charge on any atom is 0.242 e. The second-order valence-corrected chi connectivity index (χ2v) is 5.34. The molecule has 4 N–H and O–H groups in total. The second-order valence-electron chi connectivity index (χ2n) is 5.34. The molecule has 3 rings (SSSR count). The van der Waals surface area contributed by atoms with Crippen LogP contribution in [-0.4, -0.2) is 41.1 Å². The van der Waals surface area contributed by atoms with Crippen LogP contribution in [-0.2, 0) is 11.2 Å². The lowest BCUT2D eigenvalue weighted by molar-refractivity contribution is -0.122.